The second kappa shape index (κ2) is 9.86. The Morgan fingerprint density at radius 2 is 2.14 bits per heavy atom. The molecule has 0 bridgehead atoms. The van der Waals surface area contributed by atoms with E-state index < -0.39 is 0 Å². The van der Waals surface area contributed by atoms with E-state index in [1.165, 1.54) is 0 Å². The molecule has 28 heavy (non-hydrogen) atoms. The van der Waals surface area contributed by atoms with Gasteiger partial charge in [0.15, 0.2) is 5.11 Å². The second-order valence-electron chi connectivity index (χ2n) is 6.86. The van der Waals surface area contributed by atoms with E-state index in [1.807, 2.05) is 36.2 Å². The molecule has 0 unspecified atom stereocenters. The summed E-state index contributed by atoms with van der Waals surface area (Å²) in [5, 5.41) is 4.63. The number of aromatic nitrogens is 1. The zero-order chi connectivity index (χ0) is 19.9. The molecule has 1 fully saturated rings. The minimum absolute atomic E-state index is 0.0882. The van der Waals surface area contributed by atoms with Crippen molar-refractivity contribution in [3.63, 3.8) is 0 Å². The minimum atomic E-state index is -0.0882. The summed E-state index contributed by atoms with van der Waals surface area (Å²) >= 11 is 5.47. The van der Waals surface area contributed by atoms with Crippen molar-refractivity contribution in [1.29, 1.82) is 0 Å². The first-order valence-electron chi connectivity index (χ1n) is 9.57. The molecule has 2 aromatic rings. The van der Waals surface area contributed by atoms with Crippen molar-refractivity contribution in [3.8, 4) is 5.75 Å². The fraction of sp³-hybridized carbons (Fsp3) is 0.500. The number of ether oxygens (including phenoxy) is 2. The van der Waals surface area contributed by atoms with E-state index in [0.717, 1.165) is 62.5 Å². The maximum atomic E-state index is 12.6. The number of nitrogens with one attached hydrogen (secondary N) is 2. The monoisotopic (exact) mass is 404 g/mol. The van der Waals surface area contributed by atoms with Crippen LogP contribution in [0.5, 0.6) is 5.75 Å². The lowest BCUT2D eigenvalue weighted by molar-refractivity contribution is 0.0367. The van der Waals surface area contributed by atoms with Crippen molar-refractivity contribution in [1.82, 2.24) is 20.1 Å². The fourth-order valence-corrected chi connectivity index (χ4v) is 3.56. The third-order valence-corrected chi connectivity index (χ3v) is 5.46. The summed E-state index contributed by atoms with van der Waals surface area (Å²) in [6, 6.07) is 7.54. The molecule has 152 valence electrons. The van der Waals surface area contributed by atoms with Crippen LogP contribution >= 0.6 is 12.2 Å². The van der Waals surface area contributed by atoms with Crippen LogP contribution in [0.25, 0.3) is 10.9 Å². The zero-order valence-corrected chi connectivity index (χ0v) is 17.3. The molecular formula is C20H28N4O3S. The van der Waals surface area contributed by atoms with Crippen LogP contribution in [-0.4, -0.2) is 73.4 Å². The highest BCUT2D eigenvalue weighted by atomic mass is 32.1. The smallest absolute Gasteiger partial charge is 0.253 e. The van der Waals surface area contributed by atoms with Gasteiger partial charge in [-0.2, -0.15) is 0 Å². The average Bonchev–Trinajstić information content (AvgIpc) is 2.73. The van der Waals surface area contributed by atoms with Gasteiger partial charge >= 0.3 is 0 Å². The highest BCUT2D eigenvalue weighted by Gasteiger charge is 2.15. The standard InChI is InChI=1S/C20H28N4O3S/c1-21-20(28)24(7-3-6-23-8-10-27-11-9-23)14-16-12-15-13-17(26-2)4-5-18(15)22-19(16)25/h4-5,12-13H,3,6-11,14H2,1-2H3,(H,21,28)(H,22,25). The molecule has 2 N–H and O–H groups in total. The van der Waals surface area contributed by atoms with E-state index in [2.05, 4.69) is 15.2 Å². The molecule has 0 amide bonds. The predicted octanol–water partition coefficient (Wildman–Crippen LogP) is 1.57. The molecule has 1 aromatic carbocycles. The third-order valence-electron chi connectivity index (χ3n) is 5.00. The lowest BCUT2D eigenvalue weighted by atomic mass is 10.1. The first-order valence-corrected chi connectivity index (χ1v) is 9.98. The fourth-order valence-electron chi connectivity index (χ4n) is 3.40. The van der Waals surface area contributed by atoms with Crippen molar-refractivity contribution in [2.45, 2.75) is 13.0 Å². The van der Waals surface area contributed by atoms with Gasteiger partial charge in [-0.05, 0) is 42.9 Å². The summed E-state index contributed by atoms with van der Waals surface area (Å²) in [5.41, 5.74) is 1.39. The highest BCUT2D eigenvalue weighted by Crippen LogP contribution is 2.19. The number of hydrogen-bond donors (Lipinski definition) is 2. The number of H-pyrrole nitrogens is 1. The van der Waals surface area contributed by atoms with Gasteiger partial charge in [0, 0.05) is 49.7 Å². The lowest BCUT2D eigenvalue weighted by Gasteiger charge is -2.29. The molecule has 7 nitrogen and oxygen atoms in total. The van der Waals surface area contributed by atoms with E-state index in [-0.39, 0.29) is 5.56 Å². The molecule has 1 aliphatic rings. The molecule has 0 atom stereocenters. The zero-order valence-electron chi connectivity index (χ0n) is 16.5. The Morgan fingerprint density at radius 3 is 2.86 bits per heavy atom. The molecule has 1 aliphatic heterocycles. The lowest BCUT2D eigenvalue weighted by Crippen LogP contribution is -2.41. The molecule has 1 aromatic heterocycles. The number of hydrogen-bond acceptors (Lipinski definition) is 5. The molecular weight excluding hydrogens is 376 g/mol. The quantitative estimate of drug-likeness (QED) is 0.679. The predicted molar refractivity (Wildman–Crippen MR) is 115 cm³/mol. The summed E-state index contributed by atoms with van der Waals surface area (Å²) in [7, 11) is 3.45. The SMILES string of the molecule is CNC(=S)N(CCCN1CCOCC1)Cc1cc2cc(OC)ccc2[nH]c1=O. The van der Waals surface area contributed by atoms with E-state index >= 15 is 0 Å². The number of aromatic amines is 1. The van der Waals surface area contributed by atoms with E-state index in [9.17, 15) is 4.79 Å². The molecule has 1 saturated heterocycles. The summed E-state index contributed by atoms with van der Waals surface area (Å²) < 4.78 is 10.7. The summed E-state index contributed by atoms with van der Waals surface area (Å²) in [5.74, 6) is 0.763. The molecule has 0 spiro atoms. The molecule has 3 rings (SSSR count). The van der Waals surface area contributed by atoms with Crippen molar-refractivity contribution in [3.05, 3.63) is 40.2 Å². The maximum absolute atomic E-state index is 12.6. The van der Waals surface area contributed by atoms with Crippen LogP contribution in [0.3, 0.4) is 0 Å². The number of thiocarbonyl (C=S) groups is 1. The Balaban J connectivity index is 1.71. The Kier molecular flexibility index (Phi) is 7.24. The average molecular weight is 405 g/mol. The van der Waals surface area contributed by atoms with Gasteiger partial charge in [-0.15, -0.1) is 0 Å². The van der Waals surface area contributed by atoms with Crippen LogP contribution in [0.15, 0.2) is 29.1 Å². The topological polar surface area (TPSA) is 69.8 Å². The largest absolute Gasteiger partial charge is 0.497 e. The Bertz CT molecular complexity index is 864. The first-order chi connectivity index (χ1) is 13.6. The number of rotatable bonds is 7. The van der Waals surface area contributed by atoms with Gasteiger partial charge in [0.1, 0.15) is 5.75 Å². The number of fused-ring (bicyclic) bond motifs is 1. The van der Waals surface area contributed by atoms with Gasteiger partial charge in [-0.25, -0.2) is 0 Å². The number of pyridine rings is 1. The van der Waals surface area contributed by atoms with Gasteiger partial charge in [-0.1, -0.05) is 0 Å². The Hall–Kier alpha value is -2.16. The van der Waals surface area contributed by atoms with Crippen molar-refractivity contribution >= 4 is 28.2 Å². The first kappa shape index (κ1) is 20.6. The summed E-state index contributed by atoms with van der Waals surface area (Å²) in [6.07, 6.45) is 0.973. The van der Waals surface area contributed by atoms with Crippen LogP contribution < -0.4 is 15.6 Å². The van der Waals surface area contributed by atoms with Crippen molar-refractivity contribution < 1.29 is 9.47 Å². The van der Waals surface area contributed by atoms with Gasteiger partial charge in [-0.3, -0.25) is 9.69 Å². The van der Waals surface area contributed by atoms with Crippen molar-refractivity contribution in [2.24, 2.45) is 0 Å². The molecule has 0 radical (unpaired) electrons. The van der Waals surface area contributed by atoms with E-state index in [0.29, 0.717) is 17.2 Å². The van der Waals surface area contributed by atoms with Gasteiger partial charge < -0.3 is 24.7 Å². The van der Waals surface area contributed by atoms with Gasteiger partial charge in [0.05, 0.1) is 26.9 Å². The Morgan fingerprint density at radius 1 is 1.36 bits per heavy atom. The van der Waals surface area contributed by atoms with Crippen LogP contribution in [0, 0.1) is 0 Å². The second-order valence-corrected chi connectivity index (χ2v) is 7.25. The van der Waals surface area contributed by atoms with E-state index in [4.69, 9.17) is 21.7 Å². The van der Waals surface area contributed by atoms with Crippen LogP contribution in [0.2, 0.25) is 0 Å². The summed E-state index contributed by atoms with van der Waals surface area (Å²) in [6.45, 7) is 5.80. The van der Waals surface area contributed by atoms with Crippen LogP contribution in [-0.2, 0) is 11.3 Å². The molecule has 2 heterocycles. The normalized spacial score (nSPS) is 14.8. The highest BCUT2D eigenvalue weighted by molar-refractivity contribution is 7.80. The number of methoxy groups -OCH3 is 1. The minimum Gasteiger partial charge on any atom is -0.497 e. The Labute approximate surface area is 170 Å². The van der Waals surface area contributed by atoms with Gasteiger partial charge in [0.25, 0.3) is 5.56 Å². The van der Waals surface area contributed by atoms with E-state index in [1.54, 1.807) is 7.11 Å². The third kappa shape index (κ3) is 5.21. The molecule has 8 heteroatoms. The van der Waals surface area contributed by atoms with Gasteiger partial charge in [0.2, 0.25) is 0 Å². The number of benzene rings is 1. The number of nitrogens with zero attached hydrogens (tertiary/aromatic N) is 2. The maximum Gasteiger partial charge on any atom is 0.253 e. The van der Waals surface area contributed by atoms with Crippen LogP contribution in [0.1, 0.15) is 12.0 Å². The molecule has 0 aliphatic carbocycles. The number of morpholine rings is 1. The molecule has 0 saturated carbocycles. The van der Waals surface area contributed by atoms with Crippen LogP contribution in [0.4, 0.5) is 0 Å². The summed E-state index contributed by atoms with van der Waals surface area (Å²) in [4.78, 5) is 20.0. The van der Waals surface area contributed by atoms with Crippen molar-refractivity contribution in [2.75, 3.05) is 53.6 Å².